The molecule has 0 atom stereocenters. The summed E-state index contributed by atoms with van der Waals surface area (Å²) in [6.07, 6.45) is 0. The Morgan fingerprint density at radius 1 is 1.04 bits per heavy atom. The van der Waals surface area contributed by atoms with Crippen LogP contribution < -0.4 is 34.5 Å². The molecule has 1 aliphatic rings. The normalized spacial score (nSPS) is 12.8. The number of para-hydroxylation sites is 2. The number of anilines is 2. The Kier molecular flexibility index (Phi) is 6.23. The van der Waals surface area contributed by atoms with Crippen molar-refractivity contribution in [1.82, 2.24) is 0 Å². The van der Waals surface area contributed by atoms with E-state index >= 15 is 0 Å². The van der Waals surface area contributed by atoms with E-state index in [2.05, 4.69) is 0 Å². The van der Waals surface area contributed by atoms with Crippen LogP contribution in [0.1, 0.15) is 0 Å². The molecule has 1 heterocycles. The van der Waals surface area contributed by atoms with Crippen LogP contribution >= 0.6 is 22.6 Å². The van der Waals surface area contributed by atoms with Crippen molar-refractivity contribution in [1.29, 1.82) is 0 Å². The summed E-state index contributed by atoms with van der Waals surface area (Å²) in [5.74, 6) is -0.858. The van der Waals surface area contributed by atoms with Gasteiger partial charge in [-0.15, -0.1) is 0 Å². The van der Waals surface area contributed by atoms with Crippen LogP contribution in [-0.4, -0.2) is 24.6 Å². The minimum atomic E-state index is -4.50. The van der Waals surface area contributed by atoms with Gasteiger partial charge in [0.05, 0.1) is 17.1 Å². The van der Waals surface area contributed by atoms with Gasteiger partial charge in [-0.05, 0) is 35.1 Å². The first kappa shape index (κ1) is 18.9. The maximum atomic E-state index is 12.5. The maximum Gasteiger partial charge on any atom is 1.00 e. The van der Waals surface area contributed by atoms with Crippen molar-refractivity contribution in [2.24, 2.45) is 0 Å². The van der Waals surface area contributed by atoms with Gasteiger partial charge >= 0.3 is 29.6 Å². The topological polar surface area (TPSA) is 77.5 Å². The van der Waals surface area contributed by atoms with Crippen molar-refractivity contribution in [3.63, 3.8) is 0 Å². The zero-order valence-electron chi connectivity index (χ0n) is 12.1. The molecule has 0 aromatic heterocycles. The predicted octanol–water partition coefficient (Wildman–Crippen LogP) is 0.0133. The van der Waals surface area contributed by atoms with Gasteiger partial charge < -0.3 is 4.55 Å². The van der Waals surface area contributed by atoms with Crippen LogP contribution in [0.3, 0.4) is 0 Å². The second kappa shape index (κ2) is 7.60. The standard InChI is InChI=1S/C14H11NO4S3.Na/c16-14(9-20-22(17,18)19)15-10-5-1-3-7-12(10)21-13-8-4-2-6-11(13)15;/h1-8H,9H2,(H,17,18,19);/q;+1/p-1. The molecule has 0 bridgehead atoms. The first-order valence-corrected chi connectivity index (χ1v) is 9.97. The number of hydrogen-bond donors (Lipinski definition) is 0. The van der Waals surface area contributed by atoms with E-state index in [0.29, 0.717) is 11.4 Å². The molecule has 0 N–H and O–H groups in total. The minimum absolute atomic E-state index is 0. The molecule has 3 rings (SSSR count). The summed E-state index contributed by atoms with van der Waals surface area (Å²) in [6.45, 7) is 0. The number of benzene rings is 2. The number of nitrogens with zero attached hydrogens (tertiary/aromatic N) is 1. The van der Waals surface area contributed by atoms with Gasteiger partial charge in [0, 0.05) is 9.79 Å². The Hall–Kier alpha value is -0.480. The summed E-state index contributed by atoms with van der Waals surface area (Å²) in [4.78, 5) is 15.7. The Morgan fingerprint density at radius 2 is 1.52 bits per heavy atom. The number of amides is 1. The fourth-order valence-corrected chi connectivity index (χ4v) is 4.33. The number of hydrogen-bond acceptors (Lipinski definition) is 6. The predicted molar refractivity (Wildman–Crippen MR) is 86.3 cm³/mol. The molecule has 2 aromatic rings. The van der Waals surface area contributed by atoms with E-state index in [-0.39, 0.29) is 40.4 Å². The van der Waals surface area contributed by atoms with Gasteiger partial charge in [0.15, 0.2) is 0 Å². The van der Waals surface area contributed by atoms with Gasteiger partial charge in [-0.3, -0.25) is 9.69 Å². The molecule has 23 heavy (non-hydrogen) atoms. The van der Waals surface area contributed by atoms with Crippen molar-refractivity contribution in [3.8, 4) is 0 Å². The third kappa shape index (κ3) is 4.33. The molecule has 0 fully saturated rings. The summed E-state index contributed by atoms with van der Waals surface area (Å²) in [7, 11) is -4.40. The van der Waals surface area contributed by atoms with Crippen LogP contribution in [0, 0.1) is 0 Å². The maximum absolute atomic E-state index is 12.5. The van der Waals surface area contributed by atoms with Gasteiger partial charge in [-0.25, -0.2) is 8.42 Å². The van der Waals surface area contributed by atoms with Crippen LogP contribution in [0.4, 0.5) is 11.4 Å². The van der Waals surface area contributed by atoms with E-state index in [0.717, 1.165) is 9.79 Å². The average molecular weight is 375 g/mol. The Balaban J connectivity index is 0.00000192. The van der Waals surface area contributed by atoms with E-state index < -0.39 is 20.8 Å². The zero-order chi connectivity index (χ0) is 15.7. The summed E-state index contributed by atoms with van der Waals surface area (Å²) in [5, 5.41) is 0. The minimum Gasteiger partial charge on any atom is -0.739 e. The average Bonchev–Trinajstić information content (AvgIpc) is 2.49. The Bertz CT molecular complexity index is 796. The Morgan fingerprint density at radius 3 is 2.00 bits per heavy atom. The second-order valence-corrected chi connectivity index (χ2v) is 8.79. The van der Waals surface area contributed by atoms with E-state index in [1.807, 2.05) is 36.4 Å². The second-order valence-electron chi connectivity index (χ2n) is 4.44. The molecule has 0 saturated carbocycles. The van der Waals surface area contributed by atoms with Gasteiger partial charge in [0.1, 0.15) is 9.15 Å². The fourth-order valence-electron chi connectivity index (χ4n) is 2.16. The van der Waals surface area contributed by atoms with Crippen molar-refractivity contribution in [2.45, 2.75) is 9.79 Å². The fraction of sp³-hybridized carbons (Fsp3) is 0.0714. The summed E-state index contributed by atoms with van der Waals surface area (Å²) in [6, 6.07) is 14.8. The van der Waals surface area contributed by atoms with Crippen LogP contribution in [0.25, 0.3) is 0 Å². The number of fused-ring (bicyclic) bond motifs is 2. The Labute approximate surface area is 164 Å². The van der Waals surface area contributed by atoms with Crippen molar-refractivity contribution >= 4 is 49.0 Å². The van der Waals surface area contributed by atoms with Crippen molar-refractivity contribution < 1.29 is 47.3 Å². The van der Waals surface area contributed by atoms with Gasteiger partial charge in [0.2, 0.25) is 5.91 Å². The number of carbonyl (C=O) groups excluding carboxylic acids is 1. The van der Waals surface area contributed by atoms with Gasteiger partial charge in [-0.2, -0.15) is 0 Å². The molecule has 1 aliphatic heterocycles. The van der Waals surface area contributed by atoms with E-state index in [1.165, 1.54) is 4.90 Å². The third-order valence-electron chi connectivity index (χ3n) is 3.01. The molecule has 0 aliphatic carbocycles. The molecule has 0 spiro atoms. The molecular formula is C14H10NNaO4S3. The smallest absolute Gasteiger partial charge is 0.739 e. The number of rotatable bonds is 3. The van der Waals surface area contributed by atoms with E-state index in [1.54, 1.807) is 23.9 Å². The zero-order valence-corrected chi connectivity index (χ0v) is 16.6. The van der Waals surface area contributed by atoms with Crippen LogP contribution in [0.2, 0.25) is 0 Å². The van der Waals surface area contributed by atoms with Gasteiger partial charge in [-0.1, -0.05) is 36.0 Å². The largest absolute Gasteiger partial charge is 1.00 e. The van der Waals surface area contributed by atoms with Crippen molar-refractivity contribution in [3.05, 3.63) is 48.5 Å². The van der Waals surface area contributed by atoms with Crippen LogP contribution in [0.5, 0.6) is 0 Å². The molecule has 1 amide bonds. The monoisotopic (exact) mass is 375 g/mol. The molecule has 0 radical (unpaired) electrons. The van der Waals surface area contributed by atoms with Crippen LogP contribution in [0.15, 0.2) is 58.3 Å². The van der Waals surface area contributed by atoms with Gasteiger partial charge in [0.25, 0.3) is 0 Å². The van der Waals surface area contributed by atoms with Crippen LogP contribution in [-0.2, 0) is 13.9 Å². The summed E-state index contributed by atoms with van der Waals surface area (Å²) >= 11 is 1.55. The third-order valence-corrected chi connectivity index (χ3v) is 6.01. The molecule has 9 heteroatoms. The summed E-state index contributed by atoms with van der Waals surface area (Å²) < 4.78 is 32.2. The summed E-state index contributed by atoms with van der Waals surface area (Å²) in [5.41, 5.74) is 1.39. The molecule has 5 nitrogen and oxygen atoms in total. The molecule has 0 saturated heterocycles. The first-order chi connectivity index (χ1) is 10.5. The molecule has 2 aromatic carbocycles. The first-order valence-electron chi connectivity index (χ1n) is 6.25. The molecule has 0 unspecified atom stereocenters. The quantitative estimate of drug-likeness (QED) is 0.427. The van der Waals surface area contributed by atoms with E-state index in [4.69, 9.17) is 0 Å². The number of carbonyl (C=O) groups is 1. The molecule has 114 valence electrons. The molecular weight excluding hydrogens is 365 g/mol. The van der Waals surface area contributed by atoms with Crippen molar-refractivity contribution in [2.75, 3.05) is 10.7 Å². The van der Waals surface area contributed by atoms with E-state index in [9.17, 15) is 17.8 Å². The SMILES string of the molecule is O=C(CSS(=O)(=O)[O-])N1c2ccccc2Sc2ccccc21.[Na+].